The number of rotatable bonds is 27. The lowest BCUT2D eigenvalue weighted by Crippen LogP contribution is -2.50. The molecule has 12 rings (SSSR count). The fraction of sp³-hybridized carbons (Fsp3) is 0.483. The highest BCUT2D eigenvalue weighted by Crippen LogP contribution is 2.45. The van der Waals surface area contributed by atoms with E-state index < -0.39 is 154 Å². The Morgan fingerprint density at radius 3 is 0.877 bits per heavy atom. The second kappa shape index (κ2) is 46.1. The molecule has 37 nitrogen and oxygen atoms in total. The average molecular weight is 2000 g/mol. The Balaban J connectivity index is 0.000000210. The van der Waals surface area contributed by atoms with Gasteiger partial charge in [0.15, 0.2) is 42.0 Å². The number of sulfone groups is 1. The van der Waals surface area contributed by atoms with Gasteiger partial charge in [-0.3, -0.25) is 4.79 Å². The number of esters is 2. The van der Waals surface area contributed by atoms with Crippen LogP contribution in [0.25, 0.3) is 0 Å². The number of nitrogens with zero attached hydrogens (tertiary/aromatic N) is 18. The van der Waals surface area contributed by atoms with Gasteiger partial charge in [-0.05, 0) is 145 Å². The first-order chi connectivity index (χ1) is 64.4. The van der Waals surface area contributed by atoms with E-state index in [-0.39, 0.29) is 96.3 Å². The van der Waals surface area contributed by atoms with Crippen molar-refractivity contribution in [2.75, 3.05) is 140 Å². The SMILES string of the molecule is C=CC1(S(=O)(=O)CC(=O)c2ccc(Cc3nc(OCC(F)(F)F)nc(N4CCN(C(=O)OC(C)(C)C)CC4)n3)cc2)CC1.CC(C)(C)OC(=O)N1CCN(c2nc(Cc3ccc(C(=O)O)cc3)nc(OCC(F)(F)F)n2)CC1.COC(=O)c1ccc(Cc2nc(Cl)nc(OCC(F)(F)F)n2)cc1.COC(=O)c1ccc(Cc2nc(OCC(F)(F)F)nc(N3CCN(C(=O)OC(C)(C)C)CC3)n2)cc1. The van der Waals surface area contributed by atoms with Gasteiger partial charge in [-0.15, -0.1) is 6.58 Å². The summed E-state index contributed by atoms with van der Waals surface area (Å²) in [6.45, 7) is 17.1. The first-order valence-electron chi connectivity index (χ1n) is 42.1. The summed E-state index contributed by atoms with van der Waals surface area (Å²) in [4.78, 5) is 142. The quantitative estimate of drug-likeness (QED) is 0.0164. The molecule has 4 aromatic heterocycles. The van der Waals surface area contributed by atoms with E-state index in [1.807, 2.05) is 0 Å². The predicted molar refractivity (Wildman–Crippen MR) is 467 cm³/mol. The highest BCUT2D eigenvalue weighted by Gasteiger charge is 2.52. The Morgan fingerprint density at radius 2 is 0.638 bits per heavy atom. The van der Waals surface area contributed by atoms with Crippen molar-refractivity contribution < 1.29 is 142 Å². The summed E-state index contributed by atoms with van der Waals surface area (Å²) < 4.78 is 220. The number of alkyl halides is 12. The molecule has 3 amide bonds. The van der Waals surface area contributed by atoms with Crippen molar-refractivity contribution >= 4 is 81.3 Å². The minimum atomic E-state index is -4.60. The molecule has 8 aromatic rings. The highest BCUT2D eigenvalue weighted by atomic mass is 35.5. The van der Waals surface area contributed by atoms with Crippen molar-refractivity contribution in [3.63, 3.8) is 0 Å². The molecule has 0 atom stereocenters. The Kier molecular flexibility index (Phi) is 36.2. The van der Waals surface area contributed by atoms with Gasteiger partial charge >= 0.3 is 84.9 Å². The molecule has 1 aliphatic carbocycles. The zero-order chi connectivity index (χ0) is 102. The molecule has 138 heavy (non-hydrogen) atoms. The van der Waals surface area contributed by atoms with E-state index in [9.17, 15) is 94.7 Å². The van der Waals surface area contributed by atoms with E-state index in [1.165, 1.54) is 54.4 Å². The molecule has 0 unspecified atom stereocenters. The molecule has 0 bridgehead atoms. The van der Waals surface area contributed by atoms with Crippen LogP contribution in [0.5, 0.6) is 24.0 Å². The van der Waals surface area contributed by atoms with Gasteiger partial charge in [0.2, 0.25) is 23.1 Å². The van der Waals surface area contributed by atoms with E-state index >= 15 is 0 Å². The minimum Gasteiger partial charge on any atom is -0.478 e. The van der Waals surface area contributed by atoms with Gasteiger partial charge in [0.25, 0.3) is 0 Å². The topological polar surface area (TPSA) is 431 Å². The third-order valence-corrected chi connectivity index (χ3v) is 22.0. The summed E-state index contributed by atoms with van der Waals surface area (Å²) in [6, 6.07) is 23.1. The number of hydrogen-bond acceptors (Lipinski definition) is 33. The highest BCUT2D eigenvalue weighted by molar-refractivity contribution is 7.94. The van der Waals surface area contributed by atoms with E-state index in [4.69, 9.17) is 45.1 Å². The molecular weight excluding hydrogens is 1900 g/mol. The monoisotopic (exact) mass is 1990 g/mol. The number of aromatic nitrogens is 12. The van der Waals surface area contributed by atoms with Crippen LogP contribution in [0.3, 0.4) is 0 Å². The number of carboxylic acid groups (broad SMARTS) is 1. The molecule has 1 N–H and O–H groups in total. The number of benzene rings is 4. The Bertz CT molecular complexity index is 5660. The van der Waals surface area contributed by atoms with E-state index in [2.05, 4.69) is 80.6 Å². The fourth-order valence-corrected chi connectivity index (χ4v) is 14.5. The number of hydrogen-bond donors (Lipinski definition) is 1. The maximum absolute atomic E-state index is 12.8. The number of halogens is 13. The zero-order valence-corrected chi connectivity index (χ0v) is 78.0. The smallest absolute Gasteiger partial charge is 0.422 e. The number of carbonyl (C=O) groups excluding carboxylic acids is 6. The molecule has 7 heterocycles. The summed E-state index contributed by atoms with van der Waals surface area (Å²) in [6.07, 6.45) is -16.8. The third-order valence-electron chi connectivity index (χ3n) is 19.4. The number of piperazine rings is 3. The summed E-state index contributed by atoms with van der Waals surface area (Å²) in [7, 11) is -1.13. The molecule has 3 saturated heterocycles. The van der Waals surface area contributed by atoms with Crippen molar-refractivity contribution in [3.05, 3.63) is 183 Å². The predicted octanol–water partition coefficient (Wildman–Crippen LogP) is 13.0. The number of carbonyl (C=O) groups is 7. The van der Waals surface area contributed by atoms with Crippen molar-refractivity contribution in [2.24, 2.45) is 0 Å². The fourth-order valence-electron chi connectivity index (χ4n) is 12.6. The van der Waals surface area contributed by atoms with Crippen molar-refractivity contribution in [1.29, 1.82) is 0 Å². The second-order valence-corrected chi connectivity index (χ2v) is 36.7. The average Bonchev–Trinajstić information content (AvgIpc) is 1.60. The maximum Gasteiger partial charge on any atom is 0.422 e. The van der Waals surface area contributed by atoms with E-state index in [1.54, 1.807) is 155 Å². The van der Waals surface area contributed by atoms with Crippen molar-refractivity contribution in [1.82, 2.24) is 74.5 Å². The summed E-state index contributed by atoms with van der Waals surface area (Å²) in [5.41, 5.74) is 1.82. The first-order valence-corrected chi connectivity index (χ1v) is 44.2. The minimum absolute atomic E-state index is 0.0715. The van der Waals surface area contributed by atoms with Crippen LogP contribution in [0.4, 0.5) is 84.9 Å². The van der Waals surface area contributed by atoms with Crippen LogP contribution < -0.4 is 33.6 Å². The Morgan fingerprint density at radius 1 is 0.384 bits per heavy atom. The Hall–Kier alpha value is -13.5. The second-order valence-electron chi connectivity index (χ2n) is 34.0. The van der Waals surface area contributed by atoms with Gasteiger partial charge < -0.3 is 77.1 Å². The number of amides is 3. The number of aromatic carboxylic acids is 1. The standard InChI is InChI=1S/C28H34F3N5O6S.C23H28F3N5O5.C22H26F3N5O5.C14H11ClF3N3O3/c1-5-27(10-11-27)43(39,40)17-21(37)20-8-6-19(7-9-20)16-22-32-23(34-24(33-22)41-18-28(29,30)31)35-12-14-36(15-13-35)25(38)42-26(2,3)4;1-22(2,3)36-21(33)31-11-9-30(10-12-31)19-27-17(28-20(29-19)35-14-23(24,25)26)13-15-5-7-16(8-6-15)18(32)34-4;1-21(2,3)35-20(33)30-10-8-29(9-11-30)18-26-16(27-19(28-18)34-13-22(23,24)25)12-14-4-6-15(7-5-14)17(31)32;1-23-11(22)9-4-2-8(3-5-9)6-10-19-12(15)21-13(20-10)24-7-14(16,17)18/h5-9H,1,10-18H2,2-4H3;5-8H,9-14H2,1-4H3;4-7H,8-13H2,1-3H3,(H,31,32);2-5H,6-7H2,1H3. The van der Waals surface area contributed by atoms with Gasteiger partial charge in [-0.2, -0.15) is 108 Å². The number of ketones is 1. The van der Waals surface area contributed by atoms with Gasteiger partial charge in [-0.25, -0.2) is 42.2 Å². The molecule has 51 heteroatoms. The van der Waals surface area contributed by atoms with Gasteiger partial charge in [-0.1, -0.05) is 66.7 Å². The van der Waals surface area contributed by atoms with Crippen LogP contribution in [-0.4, -0.2) is 301 Å². The number of methoxy groups -OCH3 is 2. The molecular formula is C87H99ClF12N18O19S. The summed E-state index contributed by atoms with van der Waals surface area (Å²) in [5, 5.41) is 8.76. The number of ether oxygens (including phenoxy) is 9. The van der Waals surface area contributed by atoms with Gasteiger partial charge in [0.05, 0.1) is 35.7 Å². The van der Waals surface area contributed by atoms with Crippen LogP contribution in [0, 0.1) is 0 Å². The first kappa shape index (κ1) is 108. The maximum atomic E-state index is 12.8. The molecule has 4 fully saturated rings. The lowest BCUT2D eigenvalue weighted by atomic mass is 10.1. The van der Waals surface area contributed by atoms with Crippen LogP contribution in [0.2, 0.25) is 5.28 Å². The van der Waals surface area contributed by atoms with Gasteiger partial charge in [0.1, 0.15) is 45.9 Å². The van der Waals surface area contributed by atoms with Gasteiger partial charge in [0, 0.05) is 110 Å². The summed E-state index contributed by atoms with van der Waals surface area (Å²) >= 11 is 5.67. The molecule has 748 valence electrons. The van der Waals surface area contributed by atoms with Crippen LogP contribution in [-0.2, 0) is 59.2 Å². The normalized spacial score (nSPS) is 14.7. The zero-order valence-electron chi connectivity index (χ0n) is 76.5. The lowest BCUT2D eigenvalue weighted by Gasteiger charge is -2.35. The van der Waals surface area contributed by atoms with E-state index in [0.717, 1.165) is 5.56 Å². The molecule has 0 spiro atoms. The molecule has 1 saturated carbocycles. The van der Waals surface area contributed by atoms with Crippen LogP contribution in [0.1, 0.15) is 162 Å². The van der Waals surface area contributed by atoms with Crippen molar-refractivity contribution in [3.8, 4) is 24.0 Å². The lowest BCUT2D eigenvalue weighted by molar-refractivity contribution is -0.155. The number of anilines is 3. The van der Waals surface area contributed by atoms with Crippen LogP contribution >= 0.6 is 11.6 Å². The third kappa shape index (κ3) is 35.6. The van der Waals surface area contributed by atoms with E-state index in [0.29, 0.717) is 106 Å². The molecule has 3 aliphatic heterocycles. The molecule has 0 radical (unpaired) electrons. The molecule has 4 aliphatic rings. The largest absolute Gasteiger partial charge is 0.478 e. The Labute approximate surface area is 788 Å². The number of carboxylic acids is 1. The molecule has 4 aromatic carbocycles. The summed E-state index contributed by atoms with van der Waals surface area (Å²) in [5.74, 6) is -2.24. The van der Waals surface area contributed by atoms with Crippen LogP contribution in [0.15, 0.2) is 110 Å². The number of Topliss-reactive ketones (excluding diaryl/α,β-unsaturated/α-hetero) is 1. The van der Waals surface area contributed by atoms with Crippen molar-refractivity contribution in [2.45, 2.75) is 147 Å².